The van der Waals surface area contributed by atoms with Crippen LogP contribution in [0.5, 0.6) is 0 Å². The van der Waals surface area contributed by atoms with Gasteiger partial charge in [0.2, 0.25) is 0 Å². The van der Waals surface area contributed by atoms with Gasteiger partial charge in [0.1, 0.15) is 5.82 Å². The summed E-state index contributed by atoms with van der Waals surface area (Å²) < 4.78 is 12.5. The molecule has 0 N–H and O–H groups in total. The van der Waals surface area contributed by atoms with Crippen LogP contribution in [0.3, 0.4) is 0 Å². The van der Waals surface area contributed by atoms with Crippen LogP contribution in [0.4, 0.5) is 4.39 Å². The van der Waals surface area contributed by atoms with Crippen LogP contribution in [0.15, 0.2) is 18.5 Å². The number of halogens is 1. The minimum Gasteiger partial charge on any atom is -0.325 e. The van der Waals surface area contributed by atoms with E-state index in [0.29, 0.717) is 5.92 Å². The van der Waals surface area contributed by atoms with E-state index in [1.165, 1.54) is 6.20 Å². The van der Waals surface area contributed by atoms with Crippen molar-refractivity contribution in [3.63, 3.8) is 0 Å². The third kappa shape index (κ3) is 2.59. The Hall–Kier alpha value is 0.716. The van der Waals surface area contributed by atoms with E-state index in [-0.39, 0.29) is 57.2 Å². The molecule has 2 rings (SSSR count). The molecule has 1 saturated carbocycles. The average molecular weight is 175 g/mol. The normalized spacial score (nSPS) is 20.6. The van der Waals surface area contributed by atoms with Crippen molar-refractivity contribution < 1.29 is 55.8 Å². The third-order valence-electron chi connectivity index (χ3n) is 1.63. The van der Waals surface area contributed by atoms with Crippen molar-refractivity contribution in [2.75, 3.05) is 0 Å². The maximum atomic E-state index is 12.5. The first-order valence-electron chi connectivity index (χ1n) is 3.30. The van der Waals surface area contributed by atoms with Crippen molar-refractivity contribution in [1.82, 2.24) is 4.98 Å². The minimum absolute atomic E-state index is 0. The molecule has 0 amide bonds. The largest absolute Gasteiger partial charge is 1.00 e. The zero-order chi connectivity index (χ0) is 6.97. The molecule has 1 atom stereocenters. The Bertz CT molecular complexity index is 248. The zero-order valence-corrected chi connectivity index (χ0v) is 9.54. The Balaban J connectivity index is 0.000000605. The maximum Gasteiger partial charge on any atom is 1.00 e. The minimum atomic E-state index is -0.238. The Kier molecular flexibility index (Phi) is 3.65. The summed E-state index contributed by atoms with van der Waals surface area (Å²) >= 11 is 0. The van der Waals surface area contributed by atoms with Crippen LogP contribution >= 0.6 is 0 Å². The molecule has 1 aromatic heterocycles. The zero-order valence-electron chi connectivity index (χ0n) is 6.42. The molecule has 0 aliphatic heterocycles. The monoisotopic (exact) mass is 175 g/mol. The fourth-order valence-electron chi connectivity index (χ4n) is 0.971. The third-order valence-corrected chi connectivity index (χ3v) is 1.63. The van der Waals surface area contributed by atoms with E-state index in [9.17, 15) is 4.39 Å². The summed E-state index contributed by atoms with van der Waals surface area (Å²) in [5.74, 6) is 0.237. The van der Waals surface area contributed by atoms with Crippen LogP contribution in [-0.4, -0.2) is 4.98 Å². The predicted octanol–water partition coefficient (Wildman–Crippen LogP) is -1.08. The van der Waals surface area contributed by atoms with Gasteiger partial charge in [0, 0.05) is 6.20 Å². The molecule has 1 heterocycles. The first-order valence-corrected chi connectivity index (χ1v) is 3.30. The molecule has 1 aliphatic carbocycles. The predicted molar refractivity (Wildman–Crippen MR) is 35.9 cm³/mol. The van der Waals surface area contributed by atoms with Gasteiger partial charge in [0.15, 0.2) is 0 Å². The van der Waals surface area contributed by atoms with Crippen LogP contribution in [0.1, 0.15) is 17.9 Å². The molecule has 3 heteroatoms. The second-order valence-corrected chi connectivity index (χ2v) is 2.51. The number of hydrogen-bond donors (Lipinski definition) is 0. The quantitative estimate of drug-likeness (QED) is 0.391. The molecule has 1 aliphatic rings. The first kappa shape index (κ1) is 9.80. The number of hydrogen-bond acceptors (Lipinski definition) is 1. The Morgan fingerprint density at radius 3 is 2.82 bits per heavy atom. The van der Waals surface area contributed by atoms with Gasteiger partial charge in [-0.25, -0.2) is 4.39 Å². The molecule has 0 aromatic carbocycles. The van der Waals surface area contributed by atoms with Crippen LogP contribution in [0.25, 0.3) is 0 Å². The number of pyridine rings is 1. The average Bonchev–Trinajstić information content (AvgIpc) is 2.68. The number of rotatable bonds is 1. The molecule has 0 spiro atoms. The second kappa shape index (κ2) is 4.10. The van der Waals surface area contributed by atoms with E-state index >= 15 is 0 Å². The molecule has 0 bridgehead atoms. The van der Waals surface area contributed by atoms with Crippen molar-refractivity contribution in [2.45, 2.75) is 12.3 Å². The van der Waals surface area contributed by atoms with Crippen LogP contribution in [-0.2, 0) is 0 Å². The van der Waals surface area contributed by atoms with Gasteiger partial charge >= 0.3 is 51.4 Å². The molecule has 1 fully saturated rings. The van der Waals surface area contributed by atoms with E-state index in [1.807, 2.05) is 0 Å². The molecule has 52 valence electrons. The molecule has 0 unspecified atom stereocenters. The van der Waals surface area contributed by atoms with Gasteiger partial charge in [-0.2, -0.15) is 12.3 Å². The number of aromatic nitrogens is 1. The van der Waals surface area contributed by atoms with E-state index in [1.54, 1.807) is 12.3 Å². The summed E-state index contributed by atoms with van der Waals surface area (Å²) in [7, 11) is 0. The standard InChI is InChI=1S/C8H7FN.K/c9-8-3-7(4-10-5-8)6-1-2-6;/h1,3-6H,2H2;/q-1;+1/t6-;/m1./s1. The molecule has 11 heavy (non-hydrogen) atoms. The van der Waals surface area contributed by atoms with Crippen molar-refractivity contribution in [3.05, 3.63) is 36.3 Å². The van der Waals surface area contributed by atoms with Crippen LogP contribution in [0, 0.1) is 12.2 Å². The van der Waals surface area contributed by atoms with Crippen molar-refractivity contribution in [3.8, 4) is 0 Å². The Labute approximate surface area is 108 Å². The molecular formula is C8H7FKN. The van der Waals surface area contributed by atoms with E-state index < -0.39 is 0 Å². The van der Waals surface area contributed by atoms with Gasteiger partial charge in [-0.3, -0.25) is 4.98 Å². The van der Waals surface area contributed by atoms with Crippen LogP contribution < -0.4 is 51.4 Å². The molecule has 0 saturated heterocycles. The molecule has 1 aromatic rings. The second-order valence-electron chi connectivity index (χ2n) is 2.51. The van der Waals surface area contributed by atoms with Gasteiger partial charge in [-0.05, 0) is 6.07 Å². The molecule has 0 radical (unpaired) electrons. The number of nitrogens with zero attached hydrogens (tertiary/aromatic N) is 1. The van der Waals surface area contributed by atoms with Gasteiger partial charge in [0.25, 0.3) is 0 Å². The summed E-state index contributed by atoms with van der Waals surface area (Å²) in [4.78, 5) is 3.75. The van der Waals surface area contributed by atoms with E-state index in [2.05, 4.69) is 11.4 Å². The summed E-state index contributed by atoms with van der Waals surface area (Å²) in [6.07, 6.45) is 6.16. The maximum absolute atomic E-state index is 12.5. The van der Waals surface area contributed by atoms with Gasteiger partial charge < -0.3 is 6.42 Å². The van der Waals surface area contributed by atoms with Crippen molar-refractivity contribution in [2.24, 2.45) is 0 Å². The Morgan fingerprint density at radius 1 is 1.55 bits per heavy atom. The van der Waals surface area contributed by atoms with E-state index in [4.69, 9.17) is 0 Å². The smallest absolute Gasteiger partial charge is 0.325 e. The summed E-state index contributed by atoms with van der Waals surface area (Å²) in [5, 5.41) is 0. The SMILES string of the molecule is Fc1cncc([C@@H]2[CH-]C2)c1.[K+]. The molecule has 1 nitrogen and oxygen atoms in total. The summed E-state index contributed by atoms with van der Waals surface area (Å²) in [6, 6.07) is 1.54. The topological polar surface area (TPSA) is 12.9 Å². The molecular weight excluding hydrogens is 168 g/mol. The first-order chi connectivity index (χ1) is 4.86. The van der Waals surface area contributed by atoms with E-state index in [0.717, 1.165) is 12.0 Å². The van der Waals surface area contributed by atoms with Crippen molar-refractivity contribution in [1.29, 1.82) is 0 Å². The Morgan fingerprint density at radius 2 is 2.27 bits per heavy atom. The fraction of sp³-hybridized carbons (Fsp3) is 0.250. The van der Waals surface area contributed by atoms with Gasteiger partial charge in [-0.1, -0.05) is 5.56 Å². The van der Waals surface area contributed by atoms with Gasteiger partial charge in [0.05, 0.1) is 6.20 Å². The van der Waals surface area contributed by atoms with Crippen molar-refractivity contribution >= 4 is 0 Å². The fourth-order valence-corrected chi connectivity index (χ4v) is 0.971. The van der Waals surface area contributed by atoms with Crippen LogP contribution in [0.2, 0.25) is 0 Å². The van der Waals surface area contributed by atoms with Gasteiger partial charge in [-0.15, -0.1) is 0 Å². The summed E-state index contributed by atoms with van der Waals surface area (Å²) in [6.45, 7) is 0. The summed E-state index contributed by atoms with van der Waals surface area (Å²) in [5.41, 5.74) is 1.00.